The molecule has 100 valence electrons. The average molecular weight is 314 g/mol. The Morgan fingerprint density at radius 1 is 1.50 bits per heavy atom. The molecule has 1 N–H and O–H groups in total. The lowest BCUT2D eigenvalue weighted by atomic mass is 9.99. The van der Waals surface area contributed by atoms with Crippen molar-refractivity contribution >= 4 is 15.9 Å². The maximum atomic E-state index is 13.4. The largest absolute Gasteiger partial charge is 0.310 e. The third-order valence-corrected chi connectivity index (χ3v) is 3.56. The topological polar surface area (TPSA) is 12.0 Å². The standard InChI is InChI=1S/C15H21BrFN/c1-4-9-18-15(8-5-11(2)3)13-10-12(17)6-7-14(13)16/h6-7,10,15,18H,2,4-5,8-9H2,1,3H3. The van der Waals surface area contributed by atoms with Gasteiger partial charge in [-0.25, -0.2) is 4.39 Å². The van der Waals surface area contributed by atoms with Crippen LogP contribution in [0.15, 0.2) is 34.8 Å². The number of halogens is 2. The van der Waals surface area contributed by atoms with Crippen LogP contribution in [-0.2, 0) is 0 Å². The Hall–Kier alpha value is -0.670. The fourth-order valence-corrected chi connectivity index (χ4v) is 2.38. The Morgan fingerprint density at radius 3 is 2.83 bits per heavy atom. The molecule has 1 nitrogen and oxygen atoms in total. The van der Waals surface area contributed by atoms with E-state index in [0.717, 1.165) is 41.4 Å². The van der Waals surface area contributed by atoms with Gasteiger partial charge in [0.1, 0.15) is 5.82 Å². The Balaban J connectivity index is 2.85. The predicted octanol–water partition coefficient (Wildman–Crippen LogP) is 4.99. The van der Waals surface area contributed by atoms with Crippen molar-refractivity contribution in [3.8, 4) is 0 Å². The number of rotatable bonds is 7. The minimum Gasteiger partial charge on any atom is -0.310 e. The molecule has 0 saturated carbocycles. The summed E-state index contributed by atoms with van der Waals surface area (Å²) in [6.07, 6.45) is 2.96. The highest BCUT2D eigenvalue weighted by molar-refractivity contribution is 9.10. The van der Waals surface area contributed by atoms with E-state index in [9.17, 15) is 4.39 Å². The minimum absolute atomic E-state index is 0.173. The van der Waals surface area contributed by atoms with Crippen LogP contribution in [0.1, 0.15) is 44.7 Å². The van der Waals surface area contributed by atoms with Gasteiger partial charge in [-0.1, -0.05) is 28.4 Å². The molecule has 0 aromatic heterocycles. The van der Waals surface area contributed by atoms with Crippen LogP contribution >= 0.6 is 15.9 Å². The van der Waals surface area contributed by atoms with Crippen molar-refractivity contribution in [2.75, 3.05) is 6.54 Å². The Kier molecular flexibility index (Phi) is 6.58. The molecule has 0 spiro atoms. The van der Waals surface area contributed by atoms with Crippen LogP contribution < -0.4 is 5.32 Å². The molecule has 0 aliphatic heterocycles. The molecule has 1 aromatic rings. The molecule has 0 amide bonds. The summed E-state index contributed by atoms with van der Waals surface area (Å²) in [5.41, 5.74) is 2.15. The van der Waals surface area contributed by atoms with E-state index in [1.807, 2.05) is 6.92 Å². The second-order valence-corrected chi connectivity index (χ2v) is 5.52. The molecule has 0 aliphatic carbocycles. The van der Waals surface area contributed by atoms with Crippen LogP contribution in [0, 0.1) is 5.82 Å². The predicted molar refractivity (Wildman–Crippen MR) is 79.2 cm³/mol. The molecule has 0 fully saturated rings. The van der Waals surface area contributed by atoms with Crippen molar-refractivity contribution in [1.82, 2.24) is 5.32 Å². The lowest BCUT2D eigenvalue weighted by Crippen LogP contribution is -2.22. The molecule has 18 heavy (non-hydrogen) atoms. The van der Waals surface area contributed by atoms with E-state index < -0.39 is 0 Å². The van der Waals surface area contributed by atoms with Crippen LogP contribution in [0.4, 0.5) is 4.39 Å². The van der Waals surface area contributed by atoms with Crippen molar-refractivity contribution in [3.63, 3.8) is 0 Å². The normalized spacial score (nSPS) is 12.4. The van der Waals surface area contributed by atoms with E-state index in [4.69, 9.17) is 0 Å². The van der Waals surface area contributed by atoms with Crippen LogP contribution in [0.3, 0.4) is 0 Å². The zero-order valence-electron chi connectivity index (χ0n) is 11.1. The van der Waals surface area contributed by atoms with E-state index in [-0.39, 0.29) is 11.9 Å². The summed E-state index contributed by atoms with van der Waals surface area (Å²) in [5.74, 6) is -0.188. The van der Waals surface area contributed by atoms with Crippen LogP contribution in [0.5, 0.6) is 0 Å². The fraction of sp³-hybridized carbons (Fsp3) is 0.467. The summed E-state index contributed by atoms with van der Waals surface area (Å²) in [7, 11) is 0. The third-order valence-electron chi connectivity index (χ3n) is 2.83. The smallest absolute Gasteiger partial charge is 0.123 e. The summed E-state index contributed by atoms with van der Waals surface area (Å²) in [4.78, 5) is 0. The third kappa shape index (κ3) is 4.91. The number of hydrogen-bond acceptors (Lipinski definition) is 1. The number of nitrogens with one attached hydrogen (secondary N) is 1. The number of allylic oxidation sites excluding steroid dienone is 1. The minimum atomic E-state index is -0.188. The van der Waals surface area contributed by atoms with Gasteiger partial charge in [0.25, 0.3) is 0 Å². The second-order valence-electron chi connectivity index (χ2n) is 4.67. The van der Waals surface area contributed by atoms with Crippen LogP contribution in [0.25, 0.3) is 0 Å². The van der Waals surface area contributed by atoms with E-state index >= 15 is 0 Å². The van der Waals surface area contributed by atoms with Crippen molar-refractivity contribution in [2.45, 2.75) is 39.2 Å². The van der Waals surface area contributed by atoms with Gasteiger partial charge in [-0.15, -0.1) is 6.58 Å². The first-order valence-corrected chi connectivity index (χ1v) is 7.16. The monoisotopic (exact) mass is 313 g/mol. The molecule has 1 atom stereocenters. The Labute approximate surface area is 118 Å². The molecule has 1 unspecified atom stereocenters. The molecule has 0 radical (unpaired) electrons. The molecular formula is C15H21BrFN. The van der Waals surface area contributed by atoms with Gasteiger partial charge < -0.3 is 5.32 Å². The summed E-state index contributed by atoms with van der Waals surface area (Å²) in [5, 5.41) is 3.47. The van der Waals surface area contributed by atoms with Gasteiger partial charge in [0.15, 0.2) is 0 Å². The van der Waals surface area contributed by atoms with E-state index in [0.29, 0.717) is 0 Å². The first-order valence-electron chi connectivity index (χ1n) is 6.37. The Bertz CT molecular complexity index is 403. The molecule has 0 heterocycles. The average Bonchev–Trinajstić information content (AvgIpc) is 2.32. The lowest BCUT2D eigenvalue weighted by molar-refractivity contribution is 0.493. The maximum Gasteiger partial charge on any atom is 0.123 e. The highest BCUT2D eigenvalue weighted by Crippen LogP contribution is 2.28. The van der Waals surface area contributed by atoms with Crippen LogP contribution in [-0.4, -0.2) is 6.54 Å². The maximum absolute atomic E-state index is 13.4. The van der Waals surface area contributed by atoms with Gasteiger partial charge in [-0.05, 0) is 56.5 Å². The van der Waals surface area contributed by atoms with E-state index in [1.165, 1.54) is 6.07 Å². The van der Waals surface area contributed by atoms with Gasteiger partial charge >= 0.3 is 0 Å². The first-order chi connectivity index (χ1) is 8.54. The van der Waals surface area contributed by atoms with Crippen molar-refractivity contribution in [3.05, 3.63) is 46.2 Å². The molecule has 1 aromatic carbocycles. The van der Waals surface area contributed by atoms with Crippen LogP contribution in [0.2, 0.25) is 0 Å². The van der Waals surface area contributed by atoms with E-state index in [2.05, 4.69) is 34.7 Å². The summed E-state index contributed by atoms with van der Waals surface area (Å²) < 4.78 is 14.3. The summed E-state index contributed by atoms with van der Waals surface area (Å²) in [6.45, 7) is 9.02. The highest BCUT2D eigenvalue weighted by atomic mass is 79.9. The molecule has 3 heteroatoms. The van der Waals surface area contributed by atoms with E-state index in [1.54, 1.807) is 12.1 Å². The zero-order valence-corrected chi connectivity index (χ0v) is 12.7. The van der Waals surface area contributed by atoms with Crippen molar-refractivity contribution in [1.29, 1.82) is 0 Å². The fourth-order valence-electron chi connectivity index (χ4n) is 1.86. The SMILES string of the molecule is C=C(C)CCC(NCCC)c1cc(F)ccc1Br. The summed E-state index contributed by atoms with van der Waals surface area (Å²) >= 11 is 3.50. The van der Waals surface area contributed by atoms with Gasteiger partial charge in [0.05, 0.1) is 0 Å². The zero-order chi connectivity index (χ0) is 13.5. The molecule has 0 aliphatic rings. The van der Waals surface area contributed by atoms with Crippen molar-refractivity contribution in [2.24, 2.45) is 0 Å². The first kappa shape index (κ1) is 15.4. The van der Waals surface area contributed by atoms with Gasteiger partial charge in [-0.2, -0.15) is 0 Å². The molecule has 0 saturated heterocycles. The van der Waals surface area contributed by atoms with Gasteiger partial charge in [0, 0.05) is 10.5 Å². The molecule has 0 bridgehead atoms. The molecular weight excluding hydrogens is 293 g/mol. The number of benzene rings is 1. The second kappa shape index (κ2) is 7.70. The highest BCUT2D eigenvalue weighted by Gasteiger charge is 2.14. The number of hydrogen-bond donors (Lipinski definition) is 1. The quantitative estimate of drug-likeness (QED) is 0.700. The van der Waals surface area contributed by atoms with Gasteiger partial charge in [0.2, 0.25) is 0 Å². The van der Waals surface area contributed by atoms with Crippen molar-refractivity contribution < 1.29 is 4.39 Å². The summed E-state index contributed by atoms with van der Waals surface area (Å²) in [6, 6.07) is 5.03. The lowest BCUT2D eigenvalue weighted by Gasteiger charge is -2.20. The molecule has 1 rings (SSSR count). The van der Waals surface area contributed by atoms with Gasteiger partial charge in [-0.3, -0.25) is 0 Å². The Morgan fingerprint density at radius 2 is 2.22 bits per heavy atom.